The first kappa shape index (κ1) is 23.1. The number of fused-ring (bicyclic) bond motifs is 1. The monoisotopic (exact) mass is 482 g/mol. The number of ether oxygens (including phenoxy) is 2. The van der Waals surface area contributed by atoms with Crippen LogP contribution in [-0.2, 0) is 14.8 Å². The molecule has 34 heavy (non-hydrogen) atoms. The first-order valence-corrected chi connectivity index (χ1v) is 13.7. The van der Waals surface area contributed by atoms with Crippen LogP contribution in [0.25, 0.3) is 22.3 Å². The van der Waals surface area contributed by atoms with E-state index in [1.807, 2.05) is 6.07 Å². The molecule has 0 spiro atoms. The van der Waals surface area contributed by atoms with Gasteiger partial charge in [-0.25, -0.2) is 22.7 Å². The number of nitrogens with zero attached hydrogens (tertiary/aromatic N) is 4. The highest BCUT2D eigenvalue weighted by molar-refractivity contribution is 7.88. The van der Waals surface area contributed by atoms with Crippen LogP contribution in [0.15, 0.2) is 42.7 Å². The van der Waals surface area contributed by atoms with Gasteiger partial charge in [0.25, 0.3) is 0 Å². The van der Waals surface area contributed by atoms with Crippen LogP contribution in [0.5, 0.6) is 5.88 Å². The second-order valence-corrected chi connectivity index (χ2v) is 11.2. The number of hydrogen-bond donors (Lipinski definition) is 0. The molecule has 180 valence electrons. The van der Waals surface area contributed by atoms with E-state index in [0.717, 1.165) is 49.1 Å². The average Bonchev–Trinajstić information content (AvgIpc) is 2.87. The molecule has 2 fully saturated rings. The molecule has 1 atom stereocenters. The second-order valence-electron chi connectivity index (χ2n) is 9.19. The van der Waals surface area contributed by atoms with E-state index in [9.17, 15) is 8.42 Å². The van der Waals surface area contributed by atoms with Crippen molar-refractivity contribution in [3.05, 3.63) is 48.3 Å². The minimum Gasteiger partial charge on any atom is -0.476 e. The quantitative estimate of drug-likeness (QED) is 0.529. The summed E-state index contributed by atoms with van der Waals surface area (Å²) >= 11 is 0. The first-order chi connectivity index (χ1) is 16.5. The highest BCUT2D eigenvalue weighted by Crippen LogP contribution is 2.32. The van der Waals surface area contributed by atoms with Crippen LogP contribution in [0.4, 0.5) is 0 Å². The molecule has 3 aromatic rings. The zero-order valence-corrected chi connectivity index (χ0v) is 20.2. The van der Waals surface area contributed by atoms with E-state index in [-0.39, 0.29) is 0 Å². The van der Waals surface area contributed by atoms with E-state index in [2.05, 4.69) is 34.2 Å². The third kappa shape index (κ3) is 5.21. The number of rotatable bonds is 6. The fourth-order valence-corrected chi connectivity index (χ4v) is 5.65. The maximum atomic E-state index is 11.8. The smallest absolute Gasteiger partial charge is 0.242 e. The van der Waals surface area contributed by atoms with Crippen LogP contribution in [0.1, 0.15) is 37.2 Å². The van der Waals surface area contributed by atoms with Gasteiger partial charge in [-0.3, -0.25) is 4.98 Å². The van der Waals surface area contributed by atoms with Crippen LogP contribution >= 0.6 is 0 Å². The topological polar surface area (TPSA) is 94.5 Å². The molecule has 2 aromatic heterocycles. The summed E-state index contributed by atoms with van der Waals surface area (Å²) in [7, 11) is -3.11. The van der Waals surface area contributed by atoms with Gasteiger partial charge in [0.1, 0.15) is 0 Å². The number of piperidine rings is 1. The van der Waals surface area contributed by atoms with Gasteiger partial charge in [0, 0.05) is 43.6 Å². The van der Waals surface area contributed by atoms with E-state index in [0.29, 0.717) is 49.5 Å². The molecular weight excluding hydrogens is 452 g/mol. The molecular formula is C25H30N4O4S. The van der Waals surface area contributed by atoms with Crippen molar-refractivity contribution >= 4 is 21.1 Å². The van der Waals surface area contributed by atoms with Crippen LogP contribution < -0.4 is 4.74 Å². The summed E-state index contributed by atoms with van der Waals surface area (Å²) in [5.74, 6) is 1.22. The van der Waals surface area contributed by atoms with Gasteiger partial charge >= 0.3 is 0 Å². The zero-order valence-electron chi connectivity index (χ0n) is 19.4. The largest absolute Gasteiger partial charge is 0.476 e. The molecule has 0 bridgehead atoms. The number of hydrogen-bond acceptors (Lipinski definition) is 7. The van der Waals surface area contributed by atoms with Gasteiger partial charge in [-0.2, -0.15) is 0 Å². The van der Waals surface area contributed by atoms with Gasteiger partial charge in [-0.1, -0.05) is 24.3 Å². The Morgan fingerprint density at radius 3 is 2.56 bits per heavy atom. The third-order valence-corrected chi connectivity index (χ3v) is 8.04. The number of aromatic nitrogens is 3. The standard InChI is InChI=1S/C25H30N4O4S/c1-34(30,31)29-12-8-20(9-13-29)19-4-6-21(7-5-19)22-15-23-24(27-11-10-26-23)25(28-22)33-17-18-3-2-14-32-16-18/h4-7,10-11,15,18,20H,2-3,8-9,12-14,16-17H2,1H3. The Kier molecular flexibility index (Phi) is 6.76. The Labute approximate surface area is 200 Å². The van der Waals surface area contributed by atoms with Crippen LogP contribution in [0, 0.1) is 5.92 Å². The average molecular weight is 483 g/mol. The van der Waals surface area contributed by atoms with Gasteiger partial charge in [0.05, 0.1) is 30.7 Å². The fraction of sp³-hybridized carbons (Fsp3) is 0.480. The Bertz CT molecular complexity index is 1240. The summed E-state index contributed by atoms with van der Waals surface area (Å²) in [5, 5.41) is 0. The Balaban J connectivity index is 1.34. The summed E-state index contributed by atoms with van der Waals surface area (Å²) in [6.07, 6.45) is 8.43. The number of benzene rings is 1. The Morgan fingerprint density at radius 2 is 1.85 bits per heavy atom. The Morgan fingerprint density at radius 1 is 1.09 bits per heavy atom. The number of sulfonamides is 1. The summed E-state index contributed by atoms with van der Waals surface area (Å²) in [5.41, 5.74) is 4.42. The van der Waals surface area contributed by atoms with Crippen LogP contribution in [0.3, 0.4) is 0 Å². The third-order valence-electron chi connectivity index (χ3n) is 6.74. The van der Waals surface area contributed by atoms with Crippen LogP contribution in [-0.4, -0.2) is 66.8 Å². The summed E-state index contributed by atoms with van der Waals surface area (Å²) < 4.78 is 36.8. The minimum atomic E-state index is -3.11. The molecule has 9 heteroatoms. The van der Waals surface area contributed by atoms with Crippen molar-refractivity contribution in [2.24, 2.45) is 5.92 Å². The normalized spacial score (nSPS) is 20.4. The molecule has 4 heterocycles. The zero-order chi connectivity index (χ0) is 23.5. The molecule has 2 aliphatic heterocycles. The highest BCUT2D eigenvalue weighted by Gasteiger charge is 2.26. The van der Waals surface area contributed by atoms with Gasteiger partial charge < -0.3 is 9.47 Å². The fourth-order valence-electron chi connectivity index (χ4n) is 4.77. The predicted molar refractivity (Wildman–Crippen MR) is 130 cm³/mol. The molecule has 1 aromatic carbocycles. The molecule has 0 saturated carbocycles. The molecule has 0 radical (unpaired) electrons. The molecule has 1 unspecified atom stereocenters. The van der Waals surface area contributed by atoms with Crippen molar-refractivity contribution in [3.63, 3.8) is 0 Å². The minimum absolute atomic E-state index is 0.360. The Hall–Kier alpha value is -2.62. The van der Waals surface area contributed by atoms with Crippen molar-refractivity contribution < 1.29 is 17.9 Å². The molecule has 0 aliphatic carbocycles. The lowest BCUT2D eigenvalue weighted by molar-refractivity contribution is 0.0347. The van der Waals surface area contributed by atoms with Crippen molar-refractivity contribution in [2.75, 3.05) is 39.2 Å². The van der Waals surface area contributed by atoms with E-state index in [4.69, 9.17) is 14.5 Å². The molecule has 0 N–H and O–H groups in total. The molecule has 5 rings (SSSR count). The molecule has 8 nitrogen and oxygen atoms in total. The predicted octanol–water partition coefficient (Wildman–Crippen LogP) is 3.64. The van der Waals surface area contributed by atoms with Gasteiger partial charge in [-0.15, -0.1) is 0 Å². The van der Waals surface area contributed by atoms with Crippen molar-refractivity contribution in [1.82, 2.24) is 19.3 Å². The van der Waals surface area contributed by atoms with E-state index < -0.39 is 10.0 Å². The second kappa shape index (κ2) is 9.93. The van der Waals surface area contributed by atoms with E-state index in [1.54, 1.807) is 16.7 Å². The summed E-state index contributed by atoms with van der Waals surface area (Å²) in [6.45, 7) is 3.23. The lowest BCUT2D eigenvalue weighted by Crippen LogP contribution is -2.37. The first-order valence-electron chi connectivity index (χ1n) is 11.8. The van der Waals surface area contributed by atoms with Crippen molar-refractivity contribution in [1.29, 1.82) is 0 Å². The van der Waals surface area contributed by atoms with Crippen LogP contribution in [0.2, 0.25) is 0 Å². The van der Waals surface area contributed by atoms with E-state index >= 15 is 0 Å². The summed E-state index contributed by atoms with van der Waals surface area (Å²) in [6, 6.07) is 10.3. The lowest BCUT2D eigenvalue weighted by atomic mass is 9.89. The SMILES string of the molecule is CS(=O)(=O)N1CCC(c2ccc(-c3cc4nccnc4c(OCC4CCCOC4)n3)cc2)CC1. The van der Waals surface area contributed by atoms with Crippen molar-refractivity contribution in [3.8, 4) is 17.1 Å². The van der Waals surface area contributed by atoms with Crippen molar-refractivity contribution in [2.45, 2.75) is 31.6 Å². The van der Waals surface area contributed by atoms with Gasteiger partial charge in [0.2, 0.25) is 15.9 Å². The summed E-state index contributed by atoms with van der Waals surface area (Å²) in [4.78, 5) is 13.7. The molecule has 2 saturated heterocycles. The maximum absolute atomic E-state index is 11.8. The highest BCUT2D eigenvalue weighted by atomic mass is 32.2. The van der Waals surface area contributed by atoms with E-state index in [1.165, 1.54) is 11.8 Å². The number of pyridine rings is 1. The lowest BCUT2D eigenvalue weighted by Gasteiger charge is -2.30. The van der Waals surface area contributed by atoms with Gasteiger partial charge in [-0.05, 0) is 43.2 Å². The molecule has 2 aliphatic rings. The maximum Gasteiger partial charge on any atom is 0.242 e. The molecule has 0 amide bonds. The van der Waals surface area contributed by atoms with Gasteiger partial charge in [0.15, 0.2) is 5.52 Å².